The Kier molecular flexibility index (Phi) is 5.05. The van der Waals surface area contributed by atoms with Crippen LogP contribution in [0.25, 0.3) is 0 Å². The fourth-order valence-electron chi connectivity index (χ4n) is 2.04. The van der Waals surface area contributed by atoms with Crippen LogP contribution in [-0.4, -0.2) is 20.4 Å². The Labute approximate surface area is 136 Å². The van der Waals surface area contributed by atoms with E-state index < -0.39 is 10.0 Å². The van der Waals surface area contributed by atoms with Gasteiger partial charge in [0.05, 0.1) is 10.6 Å². The number of carbonyl (C=O) groups excluding carboxylic acids is 1. The van der Waals surface area contributed by atoms with Crippen LogP contribution in [0.1, 0.15) is 29.8 Å². The van der Waals surface area contributed by atoms with Crippen molar-refractivity contribution in [2.24, 2.45) is 0 Å². The van der Waals surface area contributed by atoms with E-state index in [0.717, 1.165) is 5.56 Å². The van der Waals surface area contributed by atoms with Gasteiger partial charge in [-0.25, -0.2) is 8.42 Å². The lowest BCUT2D eigenvalue weighted by Gasteiger charge is -2.12. The average molecular weight is 332 g/mol. The Balaban J connectivity index is 2.30. The molecule has 2 aromatic carbocycles. The summed E-state index contributed by atoms with van der Waals surface area (Å²) in [6, 6.07) is 13.1. The van der Waals surface area contributed by atoms with Crippen molar-refractivity contribution in [3.63, 3.8) is 0 Å². The maximum atomic E-state index is 12.5. The molecule has 0 heterocycles. The predicted octanol–water partition coefficient (Wildman–Crippen LogP) is 2.93. The molecule has 1 amide bonds. The molecule has 0 aliphatic heterocycles. The van der Waals surface area contributed by atoms with E-state index in [0.29, 0.717) is 11.3 Å². The van der Waals surface area contributed by atoms with Crippen LogP contribution in [0.2, 0.25) is 0 Å². The maximum Gasteiger partial charge on any atom is 0.261 e. The van der Waals surface area contributed by atoms with Gasteiger partial charge in [-0.1, -0.05) is 24.3 Å². The van der Waals surface area contributed by atoms with E-state index in [1.165, 1.54) is 12.1 Å². The summed E-state index contributed by atoms with van der Waals surface area (Å²) in [5, 5.41) is 2.74. The molecule has 0 aliphatic carbocycles. The second kappa shape index (κ2) is 6.83. The molecule has 0 spiro atoms. The largest absolute Gasteiger partial charge is 0.350 e. The smallest absolute Gasteiger partial charge is 0.261 e. The highest BCUT2D eigenvalue weighted by Crippen LogP contribution is 2.20. The summed E-state index contributed by atoms with van der Waals surface area (Å²) in [5.74, 6) is -0.298. The highest BCUT2D eigenvalue weighted by molar-refractivity contribution is 7.92. The zero-order valence-corrected chi connectivity index (χ0v) is 14.1. The van der Waals surface area contributed by atoms with Crippen LogP contribution in [0.15, 0.2) is 53.4 Å². The molecule has 5 nitrogen and oxygen atoms in total. The minimum atomic E-state index is -3.75. The van der Waals surface area contributed by atoms with Crippen LogP contribution >= 0.6 is 0 Å². The fourth-order valence-corrected chi connectivity index (χ4v) is 3.22. The quantitative estimate of drug-likeness (QED) is 0.884. The first-order chi connectivity index (χ1) is 10.8. The number of carbonyl (C=O) groups is 1. The van der Waals surface area contributed by atoms with Crippen LogP contribution in [0.5, 0.6) is 0 Å². The number of para-hydroxylation sites is 1. The van der Waals surface area contributed by atoms with E-state index in [1.54, 1.807) is 24.3 Å². The van der Waals surface area contributed by atoms with Crippen molar-refractivity contribution in [2.45, 2.75) is 31.7 Å². The first-order valence-corrected chi connectivity index (χ1v) is 8.77. The van der Waals surface area contributed by atoms with Gasteiger partial charge in [0.2, 0.25) is 0 Å². The Morgan fingerprint density at radius 1 is 1.04 bits per heavy atom. The summed E-state index contributed by atoms with van der Waals surface area (Å²) < 4.78 is 27.6. The van der Waals surface area contributed by atoms with Crippen LogP contribution in [-0.2, 0) is 10.0 Å². The second-order valence-corrected chi connectivity index (χ2v) is 7.26. The molecule has 0 unspecified atom stereocenters. The molecule has 6 heteroatoms. The first kappa shape index (κ1) is 17.0. The normalized spacial score (nSPS) is 11.3. The number of sulfonamides is 1. The van der Waals surface area contributed by atoms with Crippen molar-refractivity contribution in [1.29, 1.82) is 0 Å². The third-order valence-electron chi connectivity index (χ3n) is 3.22. The van der Waals surface area contributed by atoms with Gasteiger partial charge in [-0.3, -0.25) is 9.52 Å². The van der Waals surface area contributed by atoms with E-state index in [9.17, 15) is 13.2 Å². The van der Waals surface area contributed by atoms with Crippen LogP contribution < -0.4 is 10.0 Å². The number of aryl methyl sites for hydroxylation is 1. The summed E-state index contributed by atoms with van der Waals surface area (Å²) in [5.41, 5.74) is 1.65. The summed E-state index contributed by atoms with van der Waals surface area (Å²) >= 11 is 0. The van der Waals surface area contributed by atoms with Crippen LogP contribution in [0, 0.1) is 6.92 Å². The Bertz CT molecular complexity index is 814. The van der Waals surface area contributed by atoms with Crippen molar-refractivity contribution in [3.8, 4) is 0 Å². The molecule has 0 aliphatic rings. The molecular weight excluding hydrogens is 312 g/mol. The molecular formula is C17H20N2O3S. The summed E-state index contributed by atoms with van der Waals surface area (Å²) in [7, 11) is -3.75. The van der Waals surface area contributed by atoms with Gasteiger partial charge in [-0.05, 0) is 50.6 Å². The number of amides is 1. The van der Waals surface area contributed by atoms with Gasteiger partial charge in [-0.15, -0.1) is 0 Å². The van der Waals surface area contributed by atoms with Crippen LogP contribution in [0.4, 0.5) is 5.69 Å². The van der Waals surface area contributed by atoms with E-state index in [-0.39, 0.29) is 16.8 Å². The van der Waals surface area contributed by atoms with Gasteiger partial charge >= 0.3 is 0 Å². The lowest BCUT2D eigenvalue weighted by Crippen LogP contribution is -2.30. The van der Waals surface area contributed by atoms with Gasteiger partial charge in [0.25, 0.3) is 15.9 Å². The molecule has 0 atom stereocenters. The van der Waals surface area contributed by atoms with E-state index in [4.69, 9.17) is 0 Å². The lowest BCUT2D eigenvalue weighted by atomic mass is 10.2. The van der Waals surface area contributed by atoms with Gasteiger partial charge in [0.15, 0.2) is 0 Å². The van der Waals surface area contributed by atoms with Gasteiger partial charge in [0, 0.05) is 11.6 Å². The SMILES string of the molecule is Cc1ccccc1NS(=O)(=O)c1cccc(C(=O)NC(C)C)c1. The Hall–Kier alpha value is -2.34. The van der Waals surface area contributed by atoms with Crippen molar-refractivity contribution in [1.82, 2.24) is 5.32 Å². The zero-order valence-electron chi connectivity index (χ0n) is 13.3. The molecule has 2 N–H and O–H groups in total. The topological polar surface area (TPSA) is 75.3 Å². The third-order valence-corrected chi connectivity index (χ3v) is 4.58. The molecule has 2 rings (SSSR count). The number of hydrogen-bond donors (Lipinski definition) is 2. The average Bonchev–Trinajstić information content (AvgIpc) is 2.49. The standard InChI is InChI=1S/C17H20N2O3S/c1-12(2)18-17(20)14-8-6-9-15(11-14)23(21,22)19-16-10-5-4-7-13(16)3/h4-12,19H,1-3H3,(H,18,20). The van der Waals surface area contributed by atoms with Gasteiger partial charge in [-0.2, -0.15) is 0 Å². The second-order valence-electron chi connectivity index (χ2n) is 5.58. The summed E-state index contributed by atoms with van der Waals surface area (Å²) in [6.07, 6.45) is 0. The molecule has 0 saturated carbocycles. The molecule has 0 bridgehead atoms. The number of rotatable bonds is 5. The van der Waals surface area contributed by atoms with Crippen molar-refractivity contribution in [2.75, 3.05) is 4.72 Å². The first-order valence-electron chi connectivity index (χ1n) is 7.29. The summed E-state index contributed by atoms with van der Waals surface area (Å²) in [4.78, 5) is 12.1. The Morgan fingerprint density at radius 2 is 1.74 bits per heavy atom. The van der Waals surface area contributed by atoms with E-state index >= 15 is 0 Å². The highest BCUT2D eigenvalue weighted by atomic mass is 32.2. The maximum absolute atomic E-state index is 12.5. The molecule has 0 aromatic heterocycles. The molecule has 0 saturated heterocycles. The van der Waals surface area contributed by atoms with E-state index in [2.05, 4.69) is 10.0 Å². The van der Waals surface area contributed by atoms with Crippen molar-refractivity contribution >= 4 is 21.6 Å². The van der Waals surface area contributed by atoms with Gasteiger partial charge in [0.1, 0.15) is 0 Å². The monoisotopic (exact) mass is 332 g/mol. The Morgan fingerprint density at radius 3 is 2.39 bits per heavy atom. The van der Waals surface area contributed by atoms with Crippen molar-refractivity contribution < 1.29 is 13.2 Å². The number of benzene rings is 2. The predicted molar refractivity (Wildman–Crippen MR) is 91.0 cm³/mol. The minimum absolute atomic E-state index is 0.0205. The van der Waals surface area contributed by atoms with Crippen molar-refractivity contribution in [3.05, 3.63) is 59.7 Å². The van der Waals surface area contributed by atoms with Gasteiger partial charge < -0.3 is 5.32 Å². The molecule has 122 valence electrons. The zero-order chi connectivity index (χ0) is 17.0. The molecule has 0 radical (unpaired) electrons. The van der Waals surface area contributed by atoms with Crippen LogP contribution in [0.3, 0.4) is 0 Å². The number of hydrogen-bond acceptors (Lipinski definition) is 3. The fraction of sp³-hybridized carbons (Fsp3) is 0.235. The summed E-state index contributed by atoms with van der Waals surface area (Å²) in [6.45, 7) is 5.51. The molecule has 23 heavy (non-hydrogen) atoms. The number of nitrogens with one attached hydrogen (secondary N) is 2. The molecule has 2 aromatic rings. The third kappa shape index (κ3) is 4.32. The van der Waals surface area contributed by atoms with E-state index in [1.807, 2.05) is 32.9 Å². The molecule has 0 fully saturated rings. The number of anilines is 1. The lowest BCUT2D eigenvalue weighted by molar-refractivity contribution is 0.0943. The minimum Gasteiger partial charge on any atom is -0.350 e. The highest BCUT2D eigenvalue weighted by Gasteiger charge is 2.17.